The van der Waals surface area contributed by atoms with E-state index in [0.717, 1.165) is 41.2 Å². The molecular formula is C20H17N3O. The molecule has 0 saturated heterocycles. The van der Waals surface area contributed by atoms with Gasteiger partial charge in [-0.2, -0.15) is 0 Å². The van der Waals surface area contributed by atoms with Gasteiger partial charge in [0.2, 0.25) is 0 Å². The zero-order chi connectivity index (χ0) is 16.5. The molecule has 4 rings (SSSR count). The van der Waals surface area contributed by atoms with Crippen LogP contribution in [0.3, 0.4) is 0 Å². The third kappa shape index (κ3) is 2.60. The molecule has 0 N–H and O–H groups in total. The summed E-state index contributed by atoms with van der Waals surface area (Å²) in [4.78, 5) is 26.4. The van der Waals surface area contributed by atoms with E-state index in [9.17, 15) is 4.79 Å². The Kier molecular flexibility index (Phi) is 3.65. The summed E-state index contributed by atoms with van der Waals surface area (Å²) < 4.78 is 0. The number of aryl methyl sites for hydroxylation is 2. The highest BCUT2D eigenvalue weighted by molar-refractivity contribution is 6.03. The first kappa shape index (κ1) is 14.7. The van der Waals surface area contributed by atoms with Crippen molar-refractivity contribution in [1.82, 2.24) is 15.0 Å². The quantitative estimate of drug-likeness (QED) is 0.716. The van der Waals surface area contributed by atoms with Gasteiger partial charge in [-0.05, 0) is 31.9 Å². The second-order valence-corrected chi connectivity index (χ2v) is 6.02. The van der Waals surface area contributed by atoms with Gasteiger partial charge in [0, 0.05) is 17.7 Å². The van der Waals surface area contributed by atoms with Crippen molar-refractivity contribution >= 4 is 5.78 Å². The second-order valence-electron chi connectivity index (χ2n) is 6.02. The highest BCUT2D eigenvalue weighted by Crippen LogP contribution is 2.31. The molecule has 0 fully saturated rings. The Morgan fingerprint density at radius 3 is 2.50 bits per heavy atom. The van der Waals surface area contributed by atoms with Crippen LogP contribution in [-0.4, -0.2) is 20.7 Å². The molecule has 118 valence electrons. The molecular weight excluding hydrogens is 298 g/mol. The largest absolute Gasteiger partial charge is 0.294 e. The molecule has 0 spiro atoms. The Morgan fingerprint density at radius 1 is 0.875 bits per heavy atom. The molecule has 0 radical (unpaired) electrons. The predicted molar refractivity (Wildman–Crippen MR) is 92.7 cm³/mol. The summed E-state index contributed by atoms with van der Waals surface area (Å²) in [5.41, 5.74) is 4.87. The van der Waals surface area contributed by atoms with Gasteiger partial charge in [0.25, 0.3) is 0 Å². The van der Waals surface area contributed by atoms with Crippen LogP contribution in [0.15, 0.2) is 48.5 Å². The highest BCUT2D eigenvalue weighted by Gasteiger charge is 2.25. The van der Waals surface area contributed by atoms with E-state index in [1.165, 1.54) is 0 Å². The van der Waals surface area contributed by atoms with E-state index >= 15 is 0 Å². The van der Waals surface area contributed by atoms with Crippen LogP contribution < -0.4 is 0 Å². The van der Waals surface area contributed by atoms with E-state index in [-0.39, 0.29) is 5.78 Å². The molecule has 4 nitrogen and oxygen atoms in total. The Hall–Kier alpha value is -2.88. The molecule has 4 heteroatoms. The summed E-state index contributed by atoms with van der Waals surface area (Å²) in [5.74, 6) is 0.727. The first-order valence-electron chi connectivity index (χ1n) is 8.16. The van der Waals surface area contributed by atoms with Gasteiger partial charge in [-0.3, -0.25) is 4.79 Å². The Balaban J connectivity index is 1.97. The van der Waals surface area contributed by atoms with Crippen LogP contribution in [0.25, 0.3) is 22.8 Å². The maximum atomic E-state index is 12.5. The number of nitrogens with zero attached hydrogens (tertiary/aromatic N) is 3. The summed E-state index contributed by atoms with van der Waals surface area (Å²) in [7, 11) is 0. The number of aromatic nitrogens is 3. The molecule has 0 amide bonds. The fraction of sp³-hybridized carbons (Fsp3) is 0.200. The SMILES string of the molecule is Cc1cccc(-c2nc3c(c(-c4ccccc4)n2)C(=O)CCC3)n1. The molecule has 0 aliphatic heterocycles. The van der Waals surface area contributed by atoms with Crippen molar-refractivity contribution in [3.05, 3.63) is 65.5 Å². The van der Waals surface area contributed by atoms with Gasteiger partial charge >= 0.3 is 0 Å². The third-order valence-electron chi connectivity index (χ3n) is 4.24. The van der Waals surface area contributed by atoms with Crippen molar-refractivity contribution in [3.8, 4) is 22.8 Å². The zero-order valence-corrected chi connectivity index (χ0v) is 13.5. The Morgan fingerprint density at radius 2 is 1.71 bits per heavy atom. The topological polar surface area (TPSA) is 55.7 Å². The van der Waals surface area contributed by atoms with Crippen molar-refractivity contribution in [1.29, 1.82) is 0 Å². The van der Waals surface area contributed by atoms with Gasteiger partial charge in [-0.15, -0.1) is 0 Å². The van der Waals surface area contributed by atoms with E-state index in [2.05, 4.69) is 9.97 Å². The molecule has 2 aromatic heterocycles. The Bertz CT molecular complexity index is 919. The molecule has 0 atom stereocenters. The number of Topliss-reactive ketones (excluding diaryl/α,β-unsaturated/α-hetero) is 1. The molecule has 1 aromatic carbocycles. The fourth-order valence-corrected chi connectivity index (χ4v) is 3.11. The number of pyridine rings is 1. The van der Waals surface area contributed by atoms with Gasteiger partial charge in [-0.25, -0.2) is 15.0 Å². The molecule has 1 aliphatic rings. The molecule has 0 unspecified atom stereocenters. The zero-order valence-electron chi connectivity index (χ0n) is 13.5. The normalized spacial score (nSPS) is 13.6. The number of hydrogen-bond acceptors (Lipinski definition) is 4. The number of carbonyl (C=O) groups is 1. The number of hydrogen-bond donors (Lipinski definition) is 0. The molecule has 2 heterocycles. The number of benzene rings is 1. The van der Waals surface area contributed by atoms with Gasteiger partial charge in [0.05, 0.1) is 17.0 Å². The van der Waals surface area contributed by atoms with Crippen LogP contribution in [0, 0.1) is 6.92 Å². The van der Waals surface area contributed by atoms with Gasteiger partial charge in [-0.1, -0.05) is 36.4 Å². The van der Waals surface area contributed by atoms with Crippen molar-refractivity contribution < 1.29 is 4.79 Å². The van der Waals surface area contributed by atoms with E-state index in [4.69, 9.17) is 4.98 Å². The van der Waals surface area contributed by atoms with Crippen LogP contribution in [0.1, 0.15) is 34.6 Å². The number of rotatable bonds is 2. The first-order chi connectivity index (χ1) is 11.7. The molecule has 1 aliphatic carbocycles. The summed E-state index contributed by atoms with van der Waals surface area (Å²) in [6, 6.07) is 15.7. The minimum Gasteiger partial charge on any atom is -0.294 e. The van der Waals surface area contributed by atoms with E-state index in [1.807, 2.05) is 55.5 Å². The third-order valence-corrected chi connectivity index (χ3v) is 4.24. The number of carbonyl (C=O) groups excluding carboxylic acids is 1. The van der Waals surface area contributed by atoms with E-state index in [1.54, 1.807) is 0 Å². The molecule has 24 heavy (non-hydrogen) atoms. The van der Waals surface area contributed by atoms with Crippen molar-refractivity contribution in [2.24, 2.45) is 0 Å². The van der Waals surface area contributed by atoms with Crippen molar-refractivity contribution in [2.45, 2.75) is 26.2 Å². The molecule has 0 bridgehead atoms. The van der Waals surface area contributed by atoms with Crippen LogP contribution in [0.4, 0.5) is 0 Å². The smallest absolute Gasteiger partial charge is 0.179 e. The van der Waals surface area contributed by atoms with Crippen molar-refractivity contribution in [2.75, 3.05) is 0 Å². The lowest BCUT2D eigenvalue weighted by Gasteiger charge is -2.18. The number of ketones is 1. The van der Waals surface area contributed by atoms with Gasteiger partial charge in [0.1, 0.15) is 5.69 Å². The summed E-state index contributed by atoms with van der Waals surface area (Å²) in [6.07, 6.45) is 2.22. The fourth-order valence-electron chi connectivity index (χ4n) is 3.11. The minimum atomic E-state index is 0.138. The average Bonchev–Trinajstić information content (AvgIpc) is 2.62. The first-order valence-corrected chi connectivity index (χ1v) is 8.16. The molecule has 3 aromatic rings. The lowest BCUT2D eigenvalue weighted by Crippen LogP contribution is -2.16. The standard InChI is InChI=1S/C20H17N3O/c1-13-7-5-11-16(21-13)20-22-15-10-6-12-17(24)18(15)19(23-20)14-8-3-2-4-9-14/h2-5,7-9,11H,6,10,12H2,1H3. The maximum absolute atomic E-state index is 12.5. The van der Waals surface area contributed by atoms with Crippen LogP contribution >= 0.6 is 0 Å². The maximum Gasteiger partial charge on any atom is 0.179 e. The van der Waals surface area contributed by atoms with Crippen LogP contribution in [-0.2, 0) is 6.42 Å². The number of fused-ring (bicyclic) bond motifs is 1. The average molecular weight is 315 g/mol. The summed E-state index contributed by atoms with van der Waals surface area (Å²) >= 11 is 0. The summed E-state index contributed by atoms with van der Waals surface area (Å²) in [5, 5.41) is 0. The predicted octanol–water partition coefficient (Wildman–Crippen LogP) is 4.03. The minimum absolute atomic E-state index is 0.138. The highest BCUT2D eigenvalue weighted by atomic mass is 16.1. The lowest BCUT2D eigenvalue weighted by molar-refractivity contribution is 0.0972. The van der Waals surface area contributed by atoms with E-state index in [0.29, 0.717) is 17.8 Å². The van der Waals surface area contributed by atoms with Gasteiger partial charge < -0.3 is 0 Å². The van der Waals surface area contributed by atoms with Crippen LogP contribution in [0.2, 0.25) is 0 Å². The van der Waals surface area contributed by atoms with Crippen molar-refractivity contribution in [3.63, 3.8) is 0 Å². The second kappa shape index (κ2) is 5.96. The lowest BCUT2D eigenvalue weighted by atomic mass is 9.91. The van der Waals surface area contributed by atoms with E-state index < -0.39 is 0 Å². The Labute approximate surface area is 140 Å². The van der Waals surface area contributed by atoms with Gasteiger partial charge in [0.15, 0.2) is 11.6 Å². The monoisotopic (exact) mass is 315 g/mol. The molecule has 0 saturated carbocycles. The van der Waals surface area contributed by atoms with Crippen LogP contribution in [0.5, 0.6) is 0 Å². The summed E-state index contributed by atoms with van der Waals surface area (Å²) in [6.45, 7) is 1.95.